The van der Waals surface area contributed by atoms with Crippen LogP contribution in [0.5, 0.6) is 17.2 Å². The average Bonchev–Trinajstić information content (AvgIpc) is 3.16. The molecule has 0 saturated heterocycles. The van der Waals surface area contributed by atoms with Crippen molar-refractivity contribution in [1.29, 1.82) is 0 Å². The van der Waals surface area contributed by atoms with Gasteiger partial charge in [0, 0.05) is 12.8 Å². The van der Waals surface area contributed by atoms with Gasteiger partial charge in [0.25, 0.3) is 0 Å². The lowest BCUT2D eigenvalue weighted by molar-refractivity contribution is -0.922. The van der Waals surface area contributed by atoms with Gasteiger partial charge >= 0.3 is 0 Å². The normalized spacial score (nSPS) is 19.2. The molecule has 2 aromatic rings. The summed E-state index contributed by atoms with van der Waals surface area (Å²) in [5.74, 6) is 2.44. The molecule has 0 amide bonds. The Morgan fingerprint density at radius 3 is 2.75 bits per heavy atom. The minimum absolute atomic E-state index is 0.0523. The monoisotopic (exact) mass is 382 g/mol. The summed E-state index contributed by atoms with van der Waals surface area (Å²) >= 11 is 0. The largest absolute Gasteiger partial charge is 0.492 e. The molecular formula is C23H28NO4+. The number of ether oxygens (including phenoxy) is 3. The fourth-order valence-corrected chi connectivity index (χ4v) is 4.36. The van der Waals surface area contributed by atoms with Gasteiger partial charge in [-0.1, -0.05) is 30.3 Å². The van der Waals surface area contributed by atoms with Gasteiger partial charge in [0.05, 0.1) is 39.7 Å². The van der Waals surface area contributed by atoms with Crippen molar-refractivity contribution in [2.24, 2.45) is 0 Å². The Hall–Kier alpha value is -2.53. The van der Waals surface area contributed by atoms with Crippen molar-refractivity contribution in [3.8, 4) is 17.2 Å². The van der Waals surface area contributed by atoms with Gasteiger partial charge in [0.2, 0.25) is 12.5 Å². The van der Waals surface area contributed by atoms with Gasteiger partial charge in [-0.3, -0.25) is 4.79 Å². The lowest BCUT2D eigenvalue weighted by Gasteiger charge is -2.43. The first-order chi connectivity index (χ1) is 13.5. The molecule has 148 valence electrons. The molecule has 0 N–H and O–H groups in total. The number of rotatable bonds is 6. The van der Waals surface area contributed by atoms with Gasteiger partial charge in [-0.15, -0.1) is 0 Å². The number of hydrogen-bond acceptors (Lipinski definition) is 4. The molecule has 0 aromatic heterocycles. The second-order valence-corrected chi connectivity index (χ2v) is 8.21. The molecule has 2 aliphatic rings. The summed E-state index contributed by atoms with van der Waals surface area (Å²) in [4.78, 5) is 12.9. The molecule has 4 rings (SSSR count). The number of quaternary nitrogens is 1. The van der Waals surface area contributed by atoms with E-state index in [9.17, 15) is 4.79 Å². The zero-order valence-corrected chi connectivity index (χ0v) is 16.9. The SMILES string of the molecule is COc1c2c(cc3c1C(CC(=O)CCc1ccccc1)[N+](C)(C)CC3)OCO2. The van der Waals surface area contributed by atoms with Crippen molar-refractivity contribution in [1.82, 2.24) is 0 Å². The number of methoxy groups -OCH3 is 1. The number of aryl methyl sites for hydroxylation is 1. The van der Waals surface area contributed by atoms with E-state index in [-0.39, 0.29) is 18.6 Å². The number of Topliss-reactive ketones (excluding diaryl/α,β-unsaturated/α-hetero) is 1. The molecule has 0 fully saturated rings. The molecule has 5 nitrogen and oxygen atoms in total. The topological polar surface area (TPSA) is 44.8 Å². The predicted octanol–water partition coefficient (Wildman–Crippen LogP) is 3.69. The lowest BCUT2D eigenvalue weighted by atomic mass is 9.86. The maximum absolute atomic E-state index is 12.9. The molecule has 0 bridgehead atoms. The van der Waals surface area contributed by atoms with Gasteiger partial charge in [-0.25, -0.2) is 0 Å². The van der Waals surface area contributed by atoms with Crippen LogP contribution >= 0.6 is 0 Å². The second-order valence-electron chi connectivity index (χ2n) is 8.21. The van der Waals surface area contributed by atoms with E-state index in [0.717, 1.165) is 40.9 Å². The molecule has 2 aliphatic heterocycles. The smallest absolute Gasteiger partial charge is 0.231 e. The highest BCUT2D eigenvalue weighted by Gasteiger charge is 2.42. The third kappa shape index (κ3) is 3.47. The molecule has 2 aromatic carbocycles. The number of fused-ring (bicyclic) bond motifs is 2. The van der Waals surface area contributed by atoms with Crippen LogP contribution in [0, 0.1) is 0 Å². The van der Waals surface area contributed by atoms with E-state index >= 15 is 0 Å². The van der Waals surface area contributed by atoms with Crippen LogP contribution in [0.2, 0.25) is 0 Å². The van der Waals surface area contributed by atoms with Crippen molar-refractivity contribution >= 4 is 5.78 Å². The van der Waals surface area contributed by atoms with Crippen molar-refractivity contribution in [3.63, 3.8) is 0 Å². The van der Waals surface area contributed by atoms with Crippen molar-refractivity contribution in [3.05, 3.63) is 53.1 Å². The molecule has 0 spiro atoms. The molecule has 0 saturated carbocycles. The molecule has 2 heterocycles. The van der Waals surface area contributed by atoms with E-state index in [1.165, 1.54) is 11.1 Å². The van der Waals surface area contributed by atoms with Crippen molar-refractivity contribution < 1.29 is 23.5 Å². The molecule has 1 atom stereocenters. The Balaban J connectivity index is 1.60. The van der Waals surface area contributed by atoms with Crippen molar-refractivity contribution in [2.45, 2.75) is 31.7 Å². The first-order valence-electron chi connectivity index (χ1n) is 9.87. The standard InChI is InChI=1S/C23H28NO4/c1-24(2)12-11-17-13-20-22(28-15-27-20)23(26-3)21(17)19(24)14-18(25)10-9-16-7-5-4-6-8-16/h4-8,13,19H,9-12,14-15H2,1-3H3/q+1. The van der Waals surface area contributed by atoms with E-state index in [2.05, 4.69) is 32.3 Å². The van der Waals surface area contributed by atoms with Crippen LogP contribution in [0.3, 0.4) is 0 Å². The Bertz CT molecular complexity index is 876. The summed E-state index contributed by atoms with van der Waals surface area (Å²) in [5.41, 5.74) is 3.52. The third-order valence-electron chi connectivity index (χ3n) is 6.04. The molecule has 5 heteroatoms. The van der Waals surface area contributed by atoms with E-state index in [1.807, 2.05) is 18.2 Å². The van der Waals surface area contributed by atoms with Crippen LogP contribution < -0.4 is 14.2 Å². The number of hydrogen-bond donors (Lipinski definition) is 0. The number of carbonyl (C=O) groups is 1. The first-order valence-corrected chi connectivity index (χ1v) is 9.87. The van der Waals surface area contributed by atoms with Crippen LogP contribution in [0.25, 0.3) is 0 Å². The summed E-state index contributed by atoms with van der Waals surface area (Å²) in [7, 11) is 6.06. The van der Waals surface area contributed by atoms with E-state index in [0.29, 0.717) is 18.6 Å². The van der Waals surface area contributed by atoms with Gasteiger partial charge in [0.15, 0.2) is 11.5 Å². The van der Waals surface area contributed by atoms with Gasteiger partial charge in [-0.05, 0) is 23.6 Å². The summed E-state index contributed by atoms with van der Waals surface area (Å²) in [5, 5.41) is 0. The number of carbonyl (C=O) groups excluding carboxylic acids is 1. The highest BCUT2D eigenvalue weighted by molar-refractivity contribution is 5.80. The fourth-order valence-electron chi connectivity index (χ4n) is 4.36. The van der Waals surface area contributed by atoms with Crippen LogP contribution in [0.15, 0.2) is 36.4 Å². The van der Waals surface area contributed by atoms with Crippen LogP contribution in [-0.2, 0) is 17.6 Å². The molecule has 0 aliphatic carbocycles. The summed E-state index contributed by atoms with van der Waals surface area (Å²) in [6.45, 7) is 1.19. The summed E-state index contributed by atoms with van der Waals surface area (Å²) in [6, 6.07) is 12.3. The highest BCUT2D eigenvalue weighted by atomic mass is 16.7. The Kier molecular flexibility index (Phi) is 5.02. The Morgan fingerprint density at radius 1 is 1.21 bits per heavy atom. The molecule has 28 heavy (non-hydrogen) atoms. The van der Waals surface area contributed by atoms with Gasteiger partial charge in [-0.2, -0.15) is 0 Å². The minimum atomic E-state index is 0.0523. The number of likely N-dealkylation sites (N-methyl/N-ethyl adjacent to an activating group) is 1. The maximum atomic E-state index is 12.9. The van der Waals surface area contributed by atoms with Crippen LogP contribution in [-0.4, -0.2) is 44.8 Å². The number of benzene rings is 2. The third-order valence-corrected chi connectivity index (χ3v) is 6.04. The summed E-state index contributed by atoms with van der Waals surface area (Å²) in [6.07, 6.45) is 2.78. The lowest BCUT2D eigenvalue weighted by Crippen LogP contribution is -2.48. The van der Waals surface area contributed by atoms with E-state index in [4.69, 9.17) is 14.2 Å². The van der Waals surface area contributed by atoms with E-state index in [1.54, 1.807) is 7.11 Å². The Labute approximate surface area is 166 Å². The zero-order valence-electron chi connectivity index (χ0n) is 16.9. The van der Waals surface area contributed by atoms with E-state index < -0.39 is 0 Å². The molecular weight excluding hydrogens is 354 g/mol. The average molecular weight is 382 g/mol. The van der Waals surface area contributed by atoms with Crippen LogP contribution in [0.1, 0.15) is 35.6 Å². The minimum Gasteiger partial charge on any atom is -0.492 e. The quantitative estimate of drug-likeness (QED) is 0.715. The van der Waals surface area contributed by atoms with Crippen LogP contribution in [0.4, 0.5) is 0 Å². The molecule has 1 unspecified atom stereocenters. The van der Waals surface area contributed by atoms with Gasteiger partial charge in [0.1, 0.15) is 11.8 Å². The van der Waals surface area contributed by atoms with Crippen molar-refractivity contribution in [2.75, 3.05) is 34.5 Å². The summed E-state index contributed by atoms with van der Waals surface area (Å²) < 4.78 is 17.8. The number of ketones is 1. The predicted molar refractivity (Wildman–Crippen MR) is 107 cm³/mol. The van der Waals surface area contributed by atoms with Gasteiger partial charge < -0.3 is 18.7 Å². The number of nitrogens with zero attached hydrogens (tertiary/aromatic N) is 1. The zero-order chi connectivity index (χ0) is 19.7. The Morgan fingerprint density at radius 2 is 2.00 bits per heavy atom. The first kappa shape index (κ1) is 18.8. The maximum Gasteiger partial charge on any atom is 0.231 e. The highest BCUT2D eigenvalue weighted by Crippen LogP contribution is 2.51. The fraction of sp³-hybridized carbons (Fsp3) is 0.435. The molecule has 0 radical (unpaired) electrons. The second kappa shape index (κ2) is 7.47.